The molecule has 1 unspecified atom stereocenters. The number of amides is 3. The highest BCUT2D eigenvalue weighted by Gasteiger charge is 2.49. The van der Waals surface area contributed by atoms with Crippen molar-refractivity contribution < 1.29 is 19.1 Å². The van der Waals surface area contributed by atoms with Gasteiger partial charge in [0.15, 0.2) is 11.5 Å². The average Bonchev–Trinajstić information content (AvgIpc) is 2.97. The van der Waals surface area contributed by atoms with Crippen LogP contribution in [0.1, 0.15) is 18.1 Å². The molecule has 3 amide bonds. The van der Waals surface area contributed by atoms with E-state index in [0.717, 1.165) is 16.3 Å². The maximum Gasteiger partial charge on any atom is 0.325 e. The number of benzene rings is 3. The maximum absolute atomic E-state index is 13.3. The number of fused-ring (bicyclic) bond motifs is 2. The molecule has 0 bridgehead atoms. The van der Waals surface area contributed by atoms with Crippen molar-refractivity contribution in [1.82, 2.24) is 10.2 Å². The summed E-state index contributed by atoms with van der Waals surface area (Å²) in [7, 11) is 0. The summed E-state index contributed by atoms with van der Waals surface area (Å²) < 4.78 is 11.1. The zero-order valence-electron chi connectivity index (χ0n) is 16.3. The van der Waals surface area contributed by atoms with Crippen molar-refractivity contribution in [1.29, 1.82) is 0 Å². The van der Waals surface area contributed by atoms with Crippen molar-refractivity contribution in [2.24, 2.45) is 0 Å². The van der Waals surface area contributed by atoms with E-state index in [0.29, 0.717) is 35.3 Å². The molecule has 0 radical (unpaired) electrons. The maximum atomic E-state index is 13.3. The van der Waals surface area contributed by atoms with Crippen LogP contribution in [0.3, 0.4) is 0 Å². The molecule has 7 heteroatoms. The van der Waals surface area contributed by atoms with E-state index in [2.05, 4.69) is 5.32 Å². The van der Waals surface area contributed by atoms with Gasteiger partial charge in [-0.15, -0.1) is 0 Å². The number of hydrogen-bond acceptors (Lipinski definition) is 4. The van der Waals surface area contributed by atoms with Crippen LogP contribution in [-0.2, 0) is 16.9 Å². The van der Waals surface area contributed by atoms with Gasteiger partial charge >= 0.3 is 6.03 Å². The Morgan fingerprint density at radius 2 is 1.80 bits per heavy atom. The van der Waals surface area contributed by atoms with Crippen molar-refractivity contribution in [2.75, 3.05) is 13.2 Å². The van der Waals surface area contributed by atoms with Gasteiger partial charge in [-0.05, 0) is 47.0 Å². The molecule has 1 N–H and O–H groups in total. The van der Waals surface area contributed by atoms with Crippen LogP contribution in [0, 0.1) is 0 Å². The molecule has 6 nitrogen and oxygen atoms in total. The third-order valence-electron chi connectivity index (χ3n) is 5.60. The summed E-state index contributed by atoms with van der Waals surface area (Å²) in [5.74, 6) is 0.701. The van der Waals surface area contributed by atoms with E-state index in [-0.39, 0.29) is 12.5 Å². The van der Waals surface area contributed by atoms with Crippen molar-refractivity contribution in [2.45, 2.75) is 19.0 Å². The topological polar surface area (TPSA) is 67.9 Å². The number of nitrogens with zero attached hydrogens (tertiary/aromatic N) is 1. The van der Waals surface area contributed by atoms with Gasteiger partial charge in [0.2, 0.25) is 0 Å². The molecule has 1 atom stereocenters. The Balaban J connectivity index is 1.46. The lowest BCUT2D eigenvalue weighted by atomic mass is 9.90. The first kappa shape index (κ1) is 18.8. The quantitative estimate of drug-likeness (QED) is 0.641. The Kier molecular flexibility index (Phi) is 4.33. The second-order valence-corrected chi connectivity index (χ2v) is 8.02. The minimum Gasteiger partial charge on any atom is -0.486 e. The number of carbonyl (C=O) groups excluding carboxylic acids is 2. The SMILES string of the molecule is CC1(c2ccc3ccccc3c2)NC(=O)N(Cc2cc(Cl)c3c(c2)OCCO3)C1=O. The molecule has 2 heterocycles. The van der Waals surface area contributed by atoms with Crippen LogP contribution in [0.5, 0.6) is 11.5 Å². The van der Waals surface area contributed by atoms with Gasteiger partial charge in [-0.3, -0.25) is 9.69 Å². The zero-order valence-corrected chi connectivity index (χ0v) is 17.0. The molecular weight excluding hydrogens is 404 g/mol. The van der Waals surface area contributed by atoms with Crippen molar-refractivity contribution in [3.63, 3.8) is 0 Å². The largest absolute Gasteiger partial charge is 0.486 e. The molecule has 3 aromatic rings. The van der Waals surface area contributed by atoms with Gasteiger partial charge < -0.3 is 14.8 Å². The number of carbonyl (C=O) groups is 2. The Morgan fingerprint density at radius 1 is 1.03 bits per heavy atom. The molecule has 2 aliphatic heterocycles. The number of urea groups is 1. The van der Waals surface area contributed by atoms with Crippen molar-refractivity contribution in [3.05, 3.63) is 70.7 Å². The van der Waals surface area contributed by atoms with Crippen LogP contribution >= 0.6 is 11.6 Å². The molecule has 3 aromatic carbocycles. The minimum atomic E-state index is -1.14. The Morgan fingerprint density at radius 3 is 2.63 bits per heavy atom. The second-order valence-electron chi connectivity index (χ2n) is 7.61. The van der Waals surface area contributed by atoms with Gasteiger partial charge in [0.25, 0.3) is 5.91 Å². The summed E-state index contributed by atoms with van der Waals surface area (Å²) in [6, 6.07) is 16.7. The van der Waals surface area contributed by atoms with Gasteiger partial charge in [0.05, 0.1) is 11.6 Å². The van der Waals surface area contributed by atoms with Crippen LogP contribution in [0.2, 0.25) is 5.02 Å². The highest BCUT2D eigenvalue weighted by Crippen LogP contribution is 2.39. The first-order chi connectivity index (χ1) is 14.5. The van der Waals surface area contributed by atoms with Crippen LogP contribution < -0.4 is 14.8 Å². The second kappa shape index (κ2) is 6.92. The first-order valence-electron chi connectivity index (χ1n) is 9.67. The lowest BCUT2D eigenvalue weighted by Crippen LogP contribution is -2.40. The van der Waals surface area contributed by atoms with Crippen LogP contribution in [0.15, 0.2) is 54.6 Å². The van der Waals surface area contributed by atoms with Crippen molar-refractivity contribution >= 4 is 34.3 Å². The molecule has 152 valence electrons. The fourth-order valence-corrected chi connectivity index (χ4v) is 4.26. The zero-order chi connectivity index (χ0) is 20.9. The summed E-state index contributed by atoms with van der Waals surface area (Å²) in [6.07, 6.45) is 0. The molecule has 1 saturated heterocycles. The number of ether oxygens (including phenoxy) is 2. The van der Waals surface area contributed by atoms with E-state index < -0.39 is 11.6 Å². The lowest BCUT2D eigenvalue weighted by molar-refractivity contribution is -0.131. The van der Waals surface area contributed by atoms with E-state index in [1.54, 1.807) is 19.1 Å². The highest BCUT2D eigenvalue weighted by atomic mass is 35.5. The van der Waals surface area contributed by atoms with Gasteiger partial charge in [0, 0.05) is 0 Å². The molecule has 0 aliphatic carbocycles. The molecular formula is C23H19ClN2O4. The van der Waals surface area contributed by atoms with Crippen molar-refractivity contribution in [3.8, 4) is 11.5 Å². The fourth-order valence-electron chi connectivity index (χ4n) is 3.97. The monoisotopic (exact) mass is 422 g/mol. The number of rotatable bonds is 3. The molecule has 0 spiro atoms. The summed E-state index contributed by atoms with van der Waals surface area (Å²) in [5, 5.41) is 5.33. The number of nitrogens with one attached hydrogen (secondary N) is 1. The molecule has 2 aliphatic rings. The van der Waals surface area contributed by atoms with Crippen LogP contribution in [-0.4, -0.2) is 30.1 Å². The Labute approximate surface area is 178 Å². The van der Waals surface area contributed by atoms with E-state index in [1.165, 1.54) is 4.90 Å². The standard InChI is InChI=1S/C23H19ClN2O4/c1-23(17-7-6-15-4-2-3-5-16(15)12-17)21(27)26(22(28)25-23)13-14-10-18(24)20-19(11-14)29-8-9-30-20/h2-7,10-12H,8-9,13H2,1H3,(H,25,28). The van der Waals surface area contributed by atoms with Gasteiger partial charge in [-0.1, -0.05) is 48.0 Å². The third-order valence-corrected chi connectivity index (χ3v) is 5.88. The number of imide groups is 1. The summed E-state index contributed by atoms with van der Waals surface area (Å²) >= 11 is 6.30. The van der Waals surface area contributed by atoms with Gasteiger partial charge in [-0.25, -0.2) is 4.79 Å². The summed E-state index contributed by atoms with van der Waals surface area (Å²) in [5.41, 5.74) is 0.288. The van der Waals surface area contributed by atoms with Gasteiger partial charge in [0.1, 0.15) is 18.8 Å². The third kappa shape index (κ3) is 2.95. The normalized spacial score (nSPS) is 20.5. The van der Waals surface area contributed by atoms with E-state index in [1.807, 2.05) is 42.5 Å². The molecule has 5 rings (SSSR count). The Hall–Kier alpha value is -3.25. The lowest BCUT2D eigenvalue weighted by Gasteiger charge is -2.23. The van der Waals surface area contributed by atoms with E-state index in [4.69, 9.17) is 21.1 Å². The predicted molar refractivity (Wildman–Crippen MR) is 113 cm³/mol. The van der Waals surface area contributed by atoms with E-state index in [9.17, 15) is 9.59 Å². The molecule has 0 aromatic heterocycles. The fraction of sp³-hybridized carbons (Fsp3) is 0.217. The van der Waals surface area contributed by atoms with Crippen LogP contribution in [0.25, 0.3) is 10.8 Å². The highest BCUT2D eigenvalue weighted by molar-refractivity contribution is 6.32. The molecule has 0 saturated carbocycles. The minimum absolute atomic E-state index is 0.0875. The smallest absolute Gasteiger partial charge is 0.325 e. The summed E-state index contributed by atoms with van der Waals surface area (Å²) in [4.78, 5) is 27.2. The predicted octanol–water partition coefficient (Wildman–Crippen LogP) is 4.23. The Bertz CT molecular complexity index is 1200. The molecule has 1 fully saturated rings. The molecule has 30 heavy (non-hydrogen) atoms. The number of hydrogen-bond donors (Lipinski definition) is 1. The average molecular weight is 423 g/mol. The van der Waals surface area contributed by atoms with E-state index >= 15 is 0 Å². The summed E-state index contributed by atoms with van der Waals surface area (Å²) in [6.45, 7) is 2.68. The van der Waals surface area contributed by atoms with Crippen LogP contribution in [0.4, 0.5) is 4.79 Å². The first-order valence-corrected chi connectivity index (χ1v) is 10.0. The number of halogens is 1. The van der Waals surface area contributed by atoms with Gasteiger partial charge in [-0.2, -0.15) is 0 Å².